The average molecular weight is 488 g/mol. The summed E-state index contributed by atoms with van der Waals surface area (Å²) in [6.07, 6.45) is 5.38. The van der Waals surface area contributed by atoms with Gasteiger partial charge in [0.2, 0.25) is 0 Å². The van der Waals surface area contributed by atoms with Gasteiger partial charge in [-0.05, 0) is 24.5 Å². The molecule has 150 valence electrons. The number of aryl methyl sites for hydroxylation is 1. The van der Waals surface area contributed by atoms with E-state index in [0.717, 1.165) is 50.7 Å². The zero-order chi connectivity index (χ0) is 18.6. The van der Waals surface area contributed by atoms with Gasteiger partial charge in [0.1, 0.15) is 18.0 Å². The average Bonchev–Trinajstić information content (AvgIpc) is 3.10. The Morgan fingerprint density at radius 3 is 2.70 bits per heavy atom. The van der Waals surface area contributed by atoms with Gasteiger partial charge in [-0.3, -0.25) is 4.99 Å². The summed E-state index contributed by atoms with van der Waals surface area (Å²) in [5.41, 5.74) is 0.713. The van der Waals surface area contributed by atoms with Crippen LogP contribution in [0.3, 0.4) is 0 Å². The zero-order valence-corrected chi connectivity index (χ0v) is 18.4. The number of nitrogens with one attached hydrogen (secondary N) is 2. The summed E-state index contributed by atoms with van der Waals surface area (Å²) in [6.45, 7) is 7.12. The fourth-order valence-electron chi connectivity index (χ4n) is 2.57. The van der Waals surface area contributed by atoms with Crippen molar-refractivity contribution in [3.63, 3.8) is 0 Å². The van der Waals surface area contributed by atoms with Crippen LogP contribution in [0.25, 0.3) is 0 Å². The van der Waals surface area contributed by atoms with E-state index in [-0.39, 0.29) is 29.8 Å². The number of aromatic nitrogens is 3. The second kappa shape index (κ2) is 13.5. The molecule has 2 aromatic rings. The third-order valence-electron chi connectivity index (χ3n) is 4.08. The van der Waals surface area contributed by atoms with E-state index in [2.05, 4.69) is 39.7 Å². The number of halogens is 2. The topological polar surface area (TPSA) is 67.1 Å². The molecule has 1 aromatic heterocycles. The second-order valence-electron chi connectivity index (χ2n) is 6.07. The SMILES string of the molecule is CCCCN=C(NCCc1ccccc1F)NCCn1cnnc1CC.I. The molecule has 0 radical (unpaired) electrons. The van der Waals surface area contributed by atoms with Crippen LogP contribution in [0.1, 0.15) is 38.1 Å². The van der Waals surface area contributed by atoms with E-state index in [4.69, 9.17) is 0 Å². The minimum atomic E-state index is -0.161. The van der Waals surface area contributed by atoms with E-state index in [1.807, 2.05) is 16.7 Å². The van der Waals surface area contributed by atoms with Crippen LogP contribution in [0.4, 0.5) is 4.39 Å². The molecule has 0 aliphatic carbocycles. The highest BCUT2D eigenvalue weighted by molar-refractivity contribution is 14.0. The molecule has 27 heavy (non-hydrogen) atoms. The maximum Gasteiger partial charge on any atom is 0.191 e. The first kappa shape index (κ1) is 23.3. The molecule has 0 saturated carbocycles. The quantitative estimate of drug-likeness (QED) is 0.234. The number of benzene rings is 1. The van der Waals surface area contributed by atoms with Crippen molar-refractivity contribution in [3.05, 3.63) is 47.8 Å². The standard InChI is InChI=1S/C19H29FN6.HI/c1-3-5-11-21-19(22-12-10-16-8-6-7-9-17(16)20)23-13-14-26-15-24-25-18(26)4-2;/h6-9,15H,3-5,10-14H2,1-2H3,(H2,21,22,23);1H. The molecule has 0 unspecified atom stereocenters. The summed E-state index contributed by atoms with van der Waals surface area (Å²) in [4.78, 5) is 4.59. The monoisotopic (exact) mass is 488 g/mol. The molecule has 2 rings (SSSR count). The normalized spacial score (nSPS) is 11.1. The summed E-state index contributed by atoms with van der Waals surface area (Å²) >= 11 is 0. The molecule has 0 spiro atoms. The van der Waals surface area contributed by atoms with Crippen LogP contribution in [0.5, 0.6) is 0 Å². The van der Waals surface area contributed by atoms with Crippen LogP contribution in [0, 0.1) is 5.82 Å². The van der Waals surface area contributed by atoms with Crippen LogP contribution in [-0.4, -0.2) is 40.4 Å². The fraction of sp³-hybridized carbons (Fsp3) is 0.526. The molecule has 0 atom stereocenters. The molecule has 0 saturated heterocycles. The molecule has 0 aliphatic heterocycles. The predicted molar refractivity (Wildman–Crippen MR) is 118 cm³/mol. The Hall–Kier alpha value is -1.71. The molecule has 1 heterocycles. The van der Waals surface area contributed by atoms with E-state index in [1.165, 1.54) is 6.07 Å². The number of rotatable bonds is 10. The van der Waals surface area contributed by atoms with Crippen molar-refractivity contribution in [3.8, 4) is 0 Å². The van der Waals surface area contributed by atoms with Crippen molar-refractivity contribution in [1.29, 1.82) is 0 Å². The summed E-state index contributed by atoms with van der Waals surface area (Å²) in [5.74, 6) is 1.58. The number of nitrogens with zero attached hydrogens (tertiary/aromatic N) is 4. The zero-order valence-electron chi connectivity index (χ0n) is 16.1. The van der Waals surface area contributed by atoms with Crippen molar-refractivity contribution in [1.82, 2.24) is 25.4 Å². The summed E-state index contributed by atoms with van der Waals surface area (Å²) in [7, 11) is 0. The smallest absolute Gasteiger partial charge is 0.191 e. The van der Waals surface area contributed by atoms with E-state index in [1.54, 1.807) is 12.4 Å². The first-order valence-electron chi connectivity index (χ1n) is 9.36. The Morgan fingerprint density at radius 1 is 1.19 bits per heavy atom. The van der Waals surface area contributed by atoms with E-state index >= 15 is 0 Å². The summed E-state index contributed by atoms with van der Waals surface area (Å²) < 4.78 is 15.7. The number of guanidine groups is 1. The Labute approximate surface area is 178 Å². The number of unbranched alkanes of at least 4 members (excludes halogenated alkanes) is 1. The lowest BCUT2D eigenvalue weighted by molar-refractivity contribution is 0.605. The molecule has 0 bridgehead atoms. The van der Waals surface area contributed by atoms with Crippen molar-refractivity contribution in [2.45, 2.75) is 46.1 Å². The van der Waals surface area contributed by atoms with Crippen molar-refractivity contribution in [2.24, 2.45) is 4.99 Å². The van der Waals surface area contributed by atoms with Gasteiger partial charge in [-0.15, -0.1) is 34.2 Å². The van der Waals surface area contributed by atoms with Crippen LogP contribution < -0.4 is 10.6 Å². The lowest BCUT2D eigenvalue weighted by atomic mass is 10.1. The lowest BCUT2D eigenvalue weighted by Gasteiger charge is -2.13. The Kier molecular flexibility index (Phi) is 11.6. The predicted octanol–water partition coefficient (Wildman–Crippen LogP) is 3.18. The number of hydrogen-bond acceptors (Lipinski definition) is 3. The molecule has 0 fully saturated rings. The van der Waals surface area contributed by atoms with Gasteiger partial charge >= 0.3 is 0 Å². The summed E-state index contributed by atoms with van der Waals surface area (Å²) in [6, 6.07) is 6.88. The van der Waals surface area contributed by atoms with E-state index in [9.17, 15) is 4.39 Å². The number of hydrogen-bond donors (Lipinski definition) is 2. The first-order valence-corrected chi connectivity index (χ1v) is 9.36. The summed E-state index contributed by atoms with van der Waals surface area (Å²) in [5, 5.41) is 14.7. The lowest BCUT2D eigenvalue weighted by Crippen LogP contribution is -2.40. The van der Waals surface area contributed by atoms with Gasteiger partial charge in [0, 0.05) is 32.6 Å². The fourth-order valence-corrected chi connectivity index (χ4v) is 2.57. The molecule has 1 aromatic carbocycles. The van der Waals surface area contributed by atoms with Gasteiger partial charge < -0.3 is 15.2 Å². The molecule has 8 heteroatoms. The largest absolute Gasteiger partial charge is 0.356 e. The highest BCUT2D eigenvalue weighted by Gasteiger charge is 2.04. The van der Waals surface area contributed by atoms with Crippen molar-refractivity contribution in [2.75, 3.05) is 19.6 Å². The minimum absolute atomic E-state index is 0. The third-order valence-corrected chi connectivity index (χ3v) is 4.08. The highest BCUT2D eigenvalue weighted by Crippen LogP contribution is 2.06. The van der Waals surface area contributed by atoms with Crippen molar-refractivity contribution >= 4 is 29.9 Å². The molecule has 0 aliphatic rings. The highest BCUT2D eigenvalue weighted by atomic mass is 127. The van der Waals surface area contributed by atoms with Gasteiger partial charge in [0.15, 0.2) is 5.96 Å². The van der Waals surface area contributed by atoms with Gasteiger partial charge in [-0.25, -0.2) is 4.39 Å². The molecule has 6 nitrogen and oxygen atoms in total. The van der Waals surface area contributed by atoms with E-state index in [0.29, 0.717) is 18.5 Å². The molecule has 2 N–H and O–H groups in total. The minimum Gasteiger partial charge on any atom is -0.356 e. The Bertz CT molecular complexity index is 688. The van der Waals surface area contributed by atoms with E-state index < -0.39 is 0 Å². The van der Waals surface area contributed by atoms with Gasteiger partial charge in [-0.1, -0.05) is 38.5 Å². The Morgan fingerprint density at radius 2 is 1.96 bits per heavy atom. The van der Waals surface area contributed by atoms with Gasteiger partial charge in [-0.2, -0.15) is 0 Å². The van der Waals surface area contributed by atoms with Gasteiger partial charge in [0.25, 0.3) is 0 Å². The molecular weight excluding hydrogens is 458 g/mol. The molecule has 0 amide bonds. The van der Waals surface area contributed by atoms with Crippen molar-refractivity contribution < 1.29 is 4.39 Å². The van der Waals surface area contributed by atoms with Crippen LogP contribution >= 0.6 is 24.0 Å². The molecular formula is C19H30FIN6. The van der Waals surface area contributed by atoms with Crippen LogP contribution in [0.2, 0.25) is 0 Å². The maximum absolute atomic E-state index is 13.7. The number of aliphatic imine (C=N–C) groups is 1. The maximum atomic E-state index is 13.7. The van der Waals surface area contributed by atoms with Crippen LogP contribution in [0.15, 0.2) is 35.6 Å². The Balaban J connectivity index is 0.00000364. The van der Waals surface area contributed by atoms with Gasteiger partial charge in [0.05, 0.1) is 0 Å². The van der Waals surface area contributed by atoms with Crippen LogP contribution in [-0.2, 0) is 19.4 Å². The third kappa shape index (κ3) is 8.23. The second-order valence-corrected chi connectivity index (χ2v) is 6.07. The first-order chi connectivity index (χ1) is 12.7.